The topological polar surface area (TPSA) is 15.3 Å². The van der Waals surface area contributed by atoms with Crippen molar-refractivity contribution in [3.05, 3.63) is 24.3 Å². The van der Waals surface area contributed by atoms with Crippen molar-refractivity contribution in [2.45, 2.75) is 50.6 Å². The Bertz CT molecular complexity index is 419. The predicted octanol–water partition coefficient (Wildman–Crippen LogP) is 4.01. The van der Waals surface area contributed by atoms with Crippen LogP contribution in [-0.4, -0.2) is 31.4 Å². The Morgan fingerprint density at radius 1 is 1.35 bits per heavy atom. The van der Waals surface area contributed by atoms with Gasteiger partial charge in [0.15, 0.2) is 0 Å². The summed E-state index contributed by atoms with van der Waals surface area (Å²) in [6.45, 7) is 9.16. The van der Waals surface area contributed by atoms with E-state index in [1.165, 1.54) is 23.4 Å². The molecule has 1 aromatic rings. The zero-order chi connectivity index (χ0) is 14.5. The van der Waals surface area contributed by atoms with E-state index in [2.05, 4.69) is 61.5 Å². The van der Waals surface area contributed by atoms with Gasteiger partial charge in [-0.2, -0.15) is 0 Å². The van der Waals surface area contributed by atoms with Crippen molar-refractivity contribution in [1.29, 1.82) is 0 Å². The fraction of sp³-hybridized carbons (Fsp3) is 0.647. The average molecular weight is 292 g/mol. The normalized spacial score (nSPS) is 23.4. The van der Waals surface area contributed by atoms with E-state index in [1.807, 2.05) is 11.8 Å². The third-order valence-corrected chi connectivity index (χ3v) is 4.91. The Labute approximate surface area is 128 Å². The smallest absolute Gasteiger partial charge is 0.0507 e. The molecule has 20 heavy (non-hydrogen) atoms. The van der Waals surface area contributed by atoms with Crippen LogP contribution in [0, 0.1) is 5.92 Å². The summed E-state index contributed by atoms with van der Waals surface area (Å²) in [5.41, 5.74) is 1.42. The molecule has 3 heteroatoms. The lowest BCUT2D eigenvalue weighted by atomic mass is 9.98. The van der Waals surface area contributed by atoms with Gasteiger partial charge in [-0.25, -0.2) is 0 Å². The first kappa shape index (κ1) is 15.7. The molecular weight excluding hydrogens is 264 g/mol. The molecule has 1 aliphatic heterocycles. The molecule has 2 atom stereocenters. The maximum atomic E-state index is 3.74. The van der Waals surface area contributed by atoms with Gasteiger partial charge in [0.05, 0.1) is 5.69 Å². The summed E-state index contributed by atoms with van der Waals surface area (Å²) in [5.74, 6) is 0.753. The van der Waals surface area contributed by atoms with E-state index in [0.29, 0.717) is 12.1 Å². The lowest BCUT2D eigenvalue weighted by Gasteiger charge is -2.43. The fourth-order valence-electron chi connectivity index (χ4n) is 3.12. The highest BCUT2D eigenvalue weighted by molar-refractivity contribution is 7.98. The zero-order valence-corrected chi connectivity index (χ0v) is 14.0. The van der Waals surface area contributed by atoms with E-state index in [-0.39, 0.29) is 0 Å². The molecule has 2 rings (SSSR count). The molecule has 1 saturated heterocycles. The number of hydrogen-bond donors (Lipinski definition) is 1. The van der Waals surface area contributed by atoms with Crippen molar-refractivity contribution in [3.8, 4) is 0 Å². The first-order valence-corrected chi connectivity index (χ1v) is 9.01. The molecule has 112 valence electrons. The Morgan fingerprint density at radius 3 is 2.75 bits per heavy atom. The molecule has 1 aliphatic rings. The van der Waals surface area contributed by atoms with Crippen LogP contribution in [0.5, 0.6) is 0 Å². The SMILES string of the molecule is CCC1CNC(CC(C)C)CN1c1ccccc1SC. The molecule has 0 aromatic heterocycles. The van der Waals surface area contributed by atoms with Crippen LogP contribution in [0.2, 0.25) is 0 Å². The van der Waals surface area contributed by atoms with Gasteiger partial charge in [-0.1, -0.05) is 32.9 Å². The quantitative estimate of drug-likeness (QED) is 0.826. The summed E-state index contributed by atoms with van der Waals surface area (Å²) >= 11 is 1.85. The lowest BCUT2D eigenvalue weighted by Crippen LogP contribution is -2.57. The van der Waals surface area contributed by atoms with Gasteiger partial charge in [0.25, 0.3) is 0 Å². The number of para-hydroxylation sites is 1. The molecular formula is C17H28N2S. The van der Waals surface area contributed by atoms with Crippen LogP contribution in [0.4, 0.5) is 5.69 Å². The summed E-state index contributed by atoms with van der Waals surface area (Å²) in [6.07, 6.45) is 4.63. The van der Waals surface area contributed by atoms with Gasteiger partial charge < -0.3 is 10.2 Å². The van der Waals surface area contributed by atoms with Crippen LogP contribution < -0.4 is 10.2 Å². The third kappa shape index (κ3) is 3.70. The molecule has 0 saturated carbocycles. The van der Waals surface area contributed by atoms with E-state index in [0.717, 1.165) is 19.0 Å². The number of nitrogens with one attached hydrogen (secondary N) is 1. The third-order valence-electron chi connectivity index (χ3n) is 4.12. The largest absolute Gasteiger partial charge is 0.365 e. The highest BCUT2D eigenvalue weighted by Gasteiger charge is 2.28. The first-order chi connectivity index (χ1) is 9.65. The van der Waals surface area contributed by atoms with Crippen molar-refractivity contribution >= 4 is 17.4 Å². The van der Waals surface area contributed by atoms with Gasteiger partial charge in [0.2, 0.25) is 0 Å². The van der Waals surface area contributed by atoms with Gasteiger partial charge >= 0.3 is 0 Å². The Kier molecular flexibility index (Phi) is 5.79. The molecule has 0 radical (unpaired) electrons. The van der Waals surface area contributed by atoms with E-state index in [9.17, 15) is 0 Å². The van der Waals surface area contributed by atoms with Crippen LogP contribution in [0.25, 0.3) is 0 Å². The van der Waals surface area contributed by atoms with Gasteiger partial charge in [-0.3, -0.25) is 0 Å². The minimum absolute atomic E-state index is 0.617. The van der Waals surface area contributed by atoms with Crippen LogP contribution in [0.15, 0.2) is 29.2 Å². The second-order valence-electron chi connectivity index (χ2n) is 6.12. The predicted molar refractivity (Wildman–Crippen MR) is 90.9 cm³/mol. The molecule has 1 fully saturated rings. The maximum absolute atomic E-state index is 3.74. The second kappa shape index (κ2) is 7.37. The number of piperazine rings is 1. The number of rotatable bonds is 5. The molecule has 1 heterocycles. The Morgan fingerprint density at radius 2 is 2.10 bits per heavy atom. The molecule has 1 N–H and O–H groups in total. The Balaban J connectivity index is 2.20. The van der Waals surface area contributed by atoms with Crippen molar-refractivity contribution in [1.82, 2.24) is 5.32 Å². The van der Waals surface area contributed by atoms with E-state index in [4.69, 9.17) is 0 Å². The highest BCUT2D eigenvalue weighted by Crippen LogP contribution is 2.31. The minimum Gasteiger partial charge on any atom is -0.365 e. The monoisotopic (exact) mass is 292 g/mol. The molecule has 1 aromatic carbocycles. The lowest BCUT2D eigenvalue weighted by molar-refractivity contribution is 0.342. The van der Waals surface area contributed by atoms with Crippen LogP contribution >= 0.6 is 11.8 Å². The fourth-order valence-corrected chi connectivity index (χ4v) is 3.73. The van der Waals surface area contributed by atoms with E-state index in [1.54, 1.807) is 0 Å². The molecule has 0 aliphatic carbocycles. The van der Waals surface area contributed by atoms with Crippen LogP contribution in [-0.2, 0) is 0 Å². The van der Waals surface area contributed by atoms with Gasteiger partial charge in [-0.05, 0) is 37.1 Å². The summed E-state index contributed by atoms with van der Waals surface area (Å²) in [5, 5.41) is 3.74. The van der Waals surface area contributed by atoms with Crippen molar-refractivity contribution in [2.75, 3.05) is 24.2 Å². The molecule has 2 nitrogen and oxygen atoms in total. The minimum atomic E-state index is 0.617. The first-order valence-electron chi connectivity index (χ1n) is 7.78. The van der Waals surface area contributed by atoms with Crippen molar-refractivity contribution in [2.24, 2.45) is 5.92 Å². The maximum Gasteiger partial charge on any atom is 0.0507 e. The Hall–Kier alpha value is -0.670. The number of nitrogens with zero attached hydrogens (tertiary/aromatic N) is 1. The molecule has 2 unspecified atom stereocenters. The number of benzene rings is 1. The number of anilines is 1. The standard InChI is InChI=1S/C17H28N2S/c1-5-15-11-18-14(10-13(2)3)12-19(15)16-8-6-7-9-17(16)20-4/h6-9,13-15,18H,5,10-12H2,1-4H3. The van der Waals surface area contributed by atoms with Crippen LogP contribution in [0.3, 0.4) is 0 Å². The molecule has 0 spiro atoms. The molecule has 0 bridgehead atoms. The summed E-state index contributed by atoms with van der Waals surface area (Å²) in [6, 6.07) is 10.1. The van der Waals surface area contributed by atoms with Crippen molar-refractivity contribution < 1.29 is 0 Å². The number of thioether (sulfide) groups is 1. The number of hydrogen-bond acceptors (Lipinski definition) is 3. The zero-order valence-electron chi connectivity index (χ0n) is 13.2. The highest BCUT2D eigenvalue weighted by atomic mass is 32.2. The van der Waals surface area contributed by atoms with E-state index < -0.39 is 0 Å². The molecule has 0 amide bonds. The van der Waals surface area contributed by atoms with Crippen molar-refractivity contribution in [3.63, 3.8) is 0 Å². The van der Waals surface area contributed by atoms with Gasteiger partial charge in [0.1, 0.15) is 0 Å². The second-order valence-corrected chi connectivity index (χ2v) is 6.97. The van der Waals surface area contributed by atoms with E-state index >= 15 is 0 Å². The summed E-state index contributed by atoms with van der Waals surface area (Å²) < 4.78 is 0. The summed E-state index contributed by atoms with van der Waals surface area (Å²) in [7, 11) is 0. The van der Waals surface area contributed by atoms with Gasteiger partial charge in [0, 0.05) is 30.1 Å². The van der Waals surface area contributed by atoms with Crippen LogP contribution in [0.1, 0.15) is 33.6 Å². The van der Waals surface area contributed by atoms with Gasteiger partial charge in [-0.15, -0.1) is 11.8 Å². The average Bonchev–Trinajstić information content (AvgIpc) is 2.46. The summed E-state index contributed by atoms with van der Waals surface area (Å²) in [4.78, 5) is 4.03.